The molecule has 1 atom stereocenters. The zero-order chi connectivity index (χ0) is 28.6. The van der Waals surface area contributed by atoms with Gasteiger partial charge in [0, 0.05) is 11.6 Å². The Hall–Kier alpha value is -4.38. The van der Waals surface area contributed by atoms with Crippen LogP contribution in [0.2, 0.25) is 0 Å². The second-order valence-electron chi connectivity index (χ2n) is 6.50. The third-order valence-corrected chi connectivity index (χ3v) is 3.85. The second-order valence-corrected chi connectivity index (χ2v) is 6.50. The van der Waals surface area contributed by atoms with Crippen LogP contribution in [0.5, 0.6) is 0 Å². The molecule has 1 amide bonds. The number of fused-ring (bicyclic) bond motifs is 1. The third kappa shape index (κ3) is 9.65. The Morgan fingerprint density at radius 3 is 1.86 bits per heavy atom. The van der Waals surface area contributed by atoms with Gasteiger partial charge in [-0.3, -0.25) is 4.79 Å². The van der Waals surface area contributed by atoms with Gasteiger partial charge in [0.05, 0.1) is 6.20 Å². The van der Waals surface area contributed by atoms with Gasteiger partial charge in [0.1, 0.15) is 11.9 Å². The lowest BCUT2D eigenvalue weighted by atomic mass is 10.1. The van der Waals surface area contributed by atoms with Crippen LogP contribution in [0, 0.1) is 0 Å². The largest absolute Gasteiger partial charge is 0.542 e. The van der Waals surface area contributed by atoms with Crippen LogP contribution < -0.4 is 24.9 Å². The number of imidazole rings is 1. The van der Waals surface area contributed by atoms with Gasteiger partial charge in [-0.15, -0.1) is 0 Å². The number of hydrogen-bond donors (Lipinski definition) is 2. The summed E-state index contributed by atoms with van der Waals surface area (Å²) >= 11 is 0. The molecule has 3 rings (SSSR count). The normalized spacial score (nSPS) is 12.4. The van der Waals surface area contributed by atoms with E-state index >= 15 is 0 Å². The highest BCUT2D eigenvalue weighted by molar-refractivity contribution is 5.98. The number of aromatic amines is 2. The average Bonchev–Trinajstić information content (AvgIpc) is 3.21. The summed E-state index contributed by atoms with van der Waals surface area (Å²) in [6.07, 6.45) is -9.10. The molecule has 3 aromatic rings. The number of carboxylic acids is 2. The van der Waals surface area contributed by atoms with Crippen molar-refractivity contribution in [1.29, 1.82) is 0 Å². The Balaban J connectivity index is 0.000000404. The zero-order valence-corrected chi connectivity index (χ0v) is 17.7. The van der Waals surface area contributed by atoms with Crippen molar-refractivity contribution in [3.8, 4) is 0 Å². The molecule has 9 nitrogen and oxygen atoms in total. The highest BCUT2D eigenvalue weighted by Crippen LogP contribution is 2.32. The van der Waals surface area contributed by atoms with Gasteiger partial charge >= 0.3 is 18.5 Å². The molecule has 0 saturated heterocycles. The standard InChI is InChI=1S/C15H11F3N4O.2C2HF3O2/c16-15(17,18)13(10-4-3-6-19-8-10)21-14(23)12-11-5-1-2-7-22(11)9-20-12;2*3-2(4,5)1(6)7/h1-9,13H,(H,21,23);2*(H,6,7). The molecule has 202 valence electrons. The van der Waals surface area contributed by atoms with Crippen molar-refractivity contribution < 1.29 is 73.5 Å². The number of nitrogens with zero attached hydrogens (tertiary/aromatic N) is 1. The summed E-state index contributed by atoms with van der Waals surface area (Å²) in [5.74, 6) is -6.84. The predicted octanol–water partition coefficient (Wildman–Crippen LogP) is 0.198. The van der Waals surface area contributed by atoms with Gasteiger partial charge in [-0.25, -0.2) is 14.4 Å². The van der Waals surface area contributed by atoms with Gasteiger partial charge in [-0.2, -0.15) is 39.5 Å². The summed E-state index contributed by atoms with van der Waals surface area (Å²) in [6, 6.07) is 5.74. The molecule has 0 aliphatic carbocycles. The van der Waals surface area contributed by atoms with Crippen LogP contribution in [0.25, 0.3) is 5.52 Å². The maximum Gasteiger partial charge on any atom is 0.430 e. The van der Waals surface area contributed by atoms with Crippen molar-refractivity contribution in [3.63, 3.8) is 0 Å². The van der Waals surface area contributed by atoms with Crippen molar-refractivity contribution in [3.05, 3.63) is 66.5 Å². The lowest BCUT2D eigenvalue weighted by Crippen LogP contribution is -2.39. The number of amides is 1. The van der Waals surface area contributed by atoms with Crippen molar-refractivity contribution in [2.24, 2.45) is 0 Å². The molecule has 1 unspecified atom stereocenters. The maximum absolute atomic E-state index is 13.3. The minimum Gasteiger partial charge on any atom is -0.542 e. The van der Waals surface area contributed by atoms with Gasteiger partial charge in [0.2, 0.25) is 12.0 Å². The van der Waals surface area contributed by atoms with E-state index in [2.05, 4.69) is 9.97 Å². The first-order valence-corrected chi connectivity index (χ1v) is 9.23. The molecule has 0 aliphatic heterocycles. The Morgan fingerprint density at radius 2 is 1.43 bits per heavy atom. The van der Waals surface area contributed by atoms with Crippen molar-refractivity contribution in [2.75, 3.05) is 0 Å². The first-order chi connectivity index (χ1) is 16.9. The number of H-pyrrole nitrogens is 2. The molecule has 0 saturated carbocycles. The number of aliphatic carboxylic acids is 2. The maximum atomic E-state index is 13.3. The molecule has 18 heteroatoms. The Kier molecular flexibility index (Phi) is 9.97. The topological polar surface area (TPSA) is 143 Å². The number of nitrogens with one attached hydrogen (secondary N) is 3. The smallest absolute Gasteiger partial charge is 0.430 e. The Morgan fingerprint density at radius 1 is 0.892 bits per heavy atom. The minimum absolute atomic E-state index is 0.0692. The van der Waals surface area contributed by atoms with Crippen LogP contribution in [-0.4, -0.2) is 41.4 Å². The first kappa shape index (κ1) is 30.7. The molecule has 0 aromatic carbocycles. The van der Waals surface area contributed by atoms with Gasteiger partial charge in [-0.05, 0) is 18.2 Å². The van der Waals surface area contributed by atoms with E-state index < -0.39 is 42.4 Å². The lowest BCUT2D eigenvalue weighted by molar-refractivity contribution is -0.511. The van der Waals surface area contributed by atoms with Crippen molar-refractivity contribution >= 4 is 23.4 Å². The van der Waals surface area contributed by atoms with Crippen LogP contribution in [0.1, 0.15) is 22.1 Å². The van der Waals surface area contributed by atoms with Crippen molar-refractivity contribution in [1.82, 2.24) is 10.3 Å². The number of alkyl halides is 9. The van der Waals surface area contributed by atoms with Gasteiger partial charge in [-0.1, -0.05) is 6.07 Å². The number of carbonyl (C=O) groups excluding carboxylic acids is 3. The van der Waals surface area contributed by atoms with Gasteiger partial charge < -0.3 is 25.1 Å². The summed E-state index contributed by atoms with van der Waals surface area (Å²) in [4.78, 5) is 35.1. The number of pyridine rings is 2. The average molecular weight is 548 g/mol. The van der Waals surface area contributed by atoms with Gasteiger partial charge in [0.15, 0.2) is 24.0 Å². The fraction of sp³-hybridized carbons (Fsp3) is 0.211. The van der Waals surface area contributed by atoms with E-state index in [-0.39, 0.29) is 11.3 Å². The molecule has 0 radical (unpaired) electrons. The summed E-state index contributed by atoms with van der Waals surface area (Å²) in [5, 5.41) is 19.6. The quantitative estimate of drug-likeness (QED) is 0.355. The molecule has 0 fully saturated rings. The summed E-state index contributed by atoms with van der Waals surface area (Å²) in [7, 11) is 0. The van der Waals surface area contributed by atoms with E-state index in [1.54, 1.807) is 28.8 Å². The number of aromatic nitrogens is 3. The monoisotopic (exact) mass is 548 g/mol. The molecule has 0 spiro atoms. The highest BCUT2D eigenvalue weighted by Gasteiger charge is 2.43. The Labute approximate surface area is 199 Å². The van der Waals surface area contributed by atoms with Crippen LogP contribution in [-0.2, 0) is 9.59 Å². The summed E-state index contributed by atoms with van der Waals surface area (Å²) in [6.45, 7) is 0. The number of hydrogen-bond acceptors (Lipinski definition) is 5. The molecular formula is C19H13F9N4O5. The van der Waals surface area contributed by atoms with Crippen LogP contribution in [0.15, 0.2) is 55.2 Å². The third-order valence-electron chi connectivity index (χ3n) is 3.85. The molecule has 0 aliphatic rings. The van der Waals surface area contributed by atoms with Gasteiger partial charge in [0.25, 0.3) is 5.91 Å². The van der Waals surface area contributed by atoms with E-state index in [0.717, 1.165) is 0 Å². The fourth-order valence-corrected chi connectivity index (χ4v) is 2.31. The SMILES string of the molecule is O=C(NC(c1ccc[nH+]c1)C(F)(F)F)c1[nH]c[n+]2ccccc12.O=C([O-])C(F)(F)F.O=C([O-])C(F)(F)F. The zero-order valence-electron chi connectivity index (χ0n) is 17.7. The van der Waals surface area contributed by atoms with E-state index in [9.17, 15) is 44.3 Å². The van der Waals surface area contributed by atoms with Crippen LogP contribution >= 0.6 is 0 Å². The number of rotatable bonds is 3. The number of carbonyl (C=O) groups is 3. The first-order valence-electron chi connectivity index (χ1n) is 9.23. The summed E-state index contributed by atoms with van der Waals surface area (Å²) in [5.41, 5.74) is 0.488. The predicted molar refractivity (Wildman–Crippen MR) is 95.3 cm³/mol. The lowest BCUT2D eigenvalue weighted by Gasteiger charge is -2.19. The van der Waals surface area contributed by atoms with E-state index in [1.165, 1.54) is 30.9 Å². The van der Waals surface area contributed by atoms with Crippen LogP contribution in [0.3, 0.4) is 0 Å². The fourth-order valence-electron chi connectivity index (χ4n) is 2.31. The minimum atomic E-state index is -5.19. The highest BCUT2D eigenvalue weighted by atomic mass is 19.4. The van der Waals surface area contributed by atoms with E-state index in [1.807, 2.05) is 5.32 Å². The second kappa shape index (κ2) is 12.0. The number of carboxylic acid groups (broad SMARTS) is 2. The molecule has 3 aromatic heterocycles. The Bertz CT molecular complexity index is 1180. The molecule has 37 heavy (non-hydrogen) atoms. The molecule has 0 bridgehead atoms. The van der Waals surface area contributed by atoms with E-state index in [0.29, 0.717) is 5.52 Å². The number of halogens is 9. The molecule has 3 N–H and O–H groups in total. The summed E-state index contributed by atoms with van der Waals surface area (Å²) < 4.78 is 105. The van der Waals surface area contributed by atoms with Crippen LogP contribution in [0.4, 0.5) is 39.5 Å². The van der Waals surface area contributed by atoms with Crippen molar-refractivity contribution in [2.45, 2.75) is 24.6 Å². The molecular weight excluding hydrogens is 535 g/mol. The van der Waals surface area contributed by atoms with E-state index in [4.69, 9.17) is 19.8 Å². The molecule has 3 heterocycles.